The van der Waals surface area contributed by atoms with Crippen molar-refractivity contribution in [2.45, 2.75) is 13.5 Å². The van der Waals surface area contributed by atoms with Gasteiger partial charge in [0, 0.05) is 23.9 Å². The highest BCUT2D eigenvalue weighted by Crippen LogP contribution is 2.25. The molecule has 0 spiro atoms. The minimum Gasteiger partial charge on any atom is -0.326 e. The van der Waals surface area contributed by atoms with E-state index in [1.54, 1.807) is 36.4 Å². The van der Waals surface area contributed by atoms with Crippen LogP contribution in [0.5, 0.6) is 0 Å². The summed E-state index contributed by atoms with van der Waals surface area (Å²) < 4.78 is 15.2. The molecular formula is C23H19FN4O2. The minimum atomic E-state index is -0.332. The molecule has 30 heavy (non-hydrogen) atoms. The van der Waals surface area contributed by atoms with Gasteiger partial charge in [0.15, 0.2) is 0 Å². The second-order valence-electron chi connectivity index (χ2n) is 6.82. The predicted molar refractivity (Wildman–Crippen MR) is 115 cm³/mol. The summed E-state index contributed by atoms with van der Waals surface area (Å²) in [5.74, 6) is -0.130. The average molecular weight is 402 g/mol. The number of carbonyl (C=O) groups is 2. The Kier molecular flexibility index (Phi) is 5.26. The molecule has 0 saturated heterocycles. The molecule has 1 aromatic heterocycles. The van der Waals surface area contributed by atoms with Crippen LogP contribution < -0.4 is 10.6 Å². The third-order valence-electron chi connectivity index (χ3n) is 4.55. The maximum Gasteiger partial charge on any atom is 0.244 e. The van der Waals surface area contributed by atoms with Gasteiger partial charge in [0.25, 0.3) is 0 Å². The summed E-state index contributed by atoms with van der Waals surface area (Å²) in [5, 5.41) is 5.53. The molecule has 0 unspecified atom stereocenters. The Morgan fingerprint density at radius 1 is 0.900 bits per heavy atom. The maximum absolute atomic E-state index is 13.3. The van der Waals surface area contributed by atoms with Gasteiger partial charge < -0.3 is 15.2 Å². The average Bonchev–Trinajstić information content (AvgIpc) is 3.08. The van der Waals surface area contributed by atoms with Gasteiger partial charge in [-0.3, -0.25) is 9.59 Å². The van der Waals surface area contributed by atoms with Crippen molar-refractivity contribution in [1.29, 1.82) is 0 Å². The Bertz CT molecular complexity index is 1210. The van der Waals surface area contributed by atoms with E-state index in [0.717, 1.165) is 16.6 Å². The third-order valence-corrected chi connectivity index (χ3v) is 4.55. The normalized spacial score (nSPS) is 10.7. The third kappa shape index (κ3) is 4.20. The molecular weight excluding hydrogens is 383 g/mol. The zero-order valence-corrected chi connectivity index (χ0v) is 16.2. The van der Waals surface area contributed by atoms with Crippen LogP contribution >= 0.6 is 0 Å². The highest BCUT2D eigenvalue weighted by molar-refractivity contribution is 5.93. The molecule has 0 fully saturated rings. The lowest BCUT2D eigenvalue weighted by Crippen LogP contribution is -2.19. The van der Waals surface area contributed by atoms with Gasteiger partial charge in [-0.25, -0.2) is 9.37 Å². The van der Waals surface area contributed by atoms with Crippen molar-refractivity contribution in [3.8, 4) is 11.4 Å². The molecule has 3 aromatic carbocycles. The van der Waals surface area contributed by atoms with E-state index in [-0.39, 0.29) is 24.2 Å². The van der Waals surface area contributed by atoms with Crippen molar-refractivity contribution in [2.24, 2.45) is 0 Å². The highest BCUT2D eigenvalue weighted by Gasteiger charge is 2.15. The Balaban J connectivity index is 1.59. The Morgan fingerprint density at radius 3 is 2.20 bits per heavy atom. The number of amides is 2. The van der Waals surface area contributed by atoms with Crippen LogP contribution in [-0.2, 0) is 16.1 Å². The summed E-state index contributed by atoms with van der Waals surface area (Å²) in [6.07, 6.45) is 0. The highest BCUT2D eigenvalue weighted by atomic mass is 19.1. The van der Waals surface area contributed by atoms with E-state index in [2.05, 4.69) is 15.6 Å². The van der Waals surface area contributed by atoms with Gasteiger partial charge in [0.1, 0.15) is 18.2 Å². The number of benzene rings is 3. The number of carbonyl (C=O) groups excluding carboxylic acids is 2. The zero-order chi connectivity index (χ0) is 21.1. The first-order valence-corrected chi connectivity index (χ1v) is 9.38. The number of para-hydroxylation sites is 2. The lowest BCUT2D eigenvalue weighted by atomic mass is 10.2. The fourth-order valence-corrected chi connectivity index (χ4v) is 3.24. The van der Waals surface area contributed by atoms with Crippen LogP contribution in [-0.4, -0.2) is 21.4 Å². The van der Waals surface area contributed by atoms with Gasteiger partial charge in [-0.1, -0.05) is 12.1 Å². The van der Waals surface area contributed by atoms with Crippen LogP contribution in [0, 0.1) is 5.82 Å². The van der Waals surface area contributed by atoms with Gasteiger partial charge in [-0.15, -0.1) is 0 Å². The zero-order valence-electron chi connectivity index (χ0n) is 16.2. The molecule has 7 heteroatoms. The van der Waals surface area contributed by atoms with Gasteiger partial charge in [0.2, 0.25) is 11.8 Å². The number of aromatic nitrogens is 2. The van der Waals surface area contributed by atoms with E-state index < -0.39 is 0 Å². The second kappa shape index (κ2) is 8.16. The van der Waals surface area contributed by atoms with Crippen molar-refractivity contribution in [2.75, 3.05) is 10.6 Å². The van der Waals surface area contributed by atoms with Crippen molar-refractivity contribution in [3.63, 3.8) is 0 Å². The topological polar surface area (TPSA) is 76.0 Å². The van der Waals surface area contributed by atoms with Crippen LogP contribution in [0.25, 0.3) is 22.4 Å². The minimum absolute atomic E-state index is 0.0423. The van der Waals surface area contributed by atoms with E-state index in [1.807, 2.05) is 28.8 Å². The van der Waals surface area contributed by atoms with Gasteiger partial charge in [-0.2, -0.15) is 0 Å². The molecule has 2 amide bonds. The fraction of sp³-hybridized carbons (Fsp3) is 0.0870. The summed E-state index contributed by atoms with van der Waals surface area (Å²) in [4.78, 5) is 28.5. The van der Waals surface area contributed by atoms with Crippen LogP contribution in [0.3, 0.4) is 0 Å². The number of fused-ring (bicyclic) bond motifs is 1. The standard InChI is InChI=1S/C23H19FN4O2/c1-15(29)25-18-10-12-19(13-11-18)26-22(30)14-28-21-5-3-2-4-20(21)27-23(28)16-6-8-17(24)9-7-16/h2-13H,14H2,1H3,(H,25,29)(H,26,30). The first kappa shape index (κ1) is 19.3. The predicted octanol–water partition coefficient (Wildman–Crippen LogP) is 4.44. The summed E-state index contributed by atoms with van der Waals surface area (Å²) >= 11 is 0. The molecule has 6 nitrogen and oxygen atoms in total. The van der Waals surface area contributed by atoms with Crippen LogP contribution in [0.1, 0.15) is 6.92 Å². The smallest absolute Gasteiger partial charge is 0.244 e. The van der Waals surface area contributed by atoms with E-state index in [9.17, 15) is 14.0 Å². The molecule has 4 aromatic rings. The number of nitrogens with one attached hydrogen (secondary N) is 2. The number of anilines is 2. The van der Waals surface area contributed by atoms with Crippen LogP contribution in [0.15, 0.2) is 72.8 Å². The summed E-state index contributed by atoms with van der Waals surface area (Å²) in [6, 6.07) is 20.4. The maximum atomic E-state index is 13.3. The van der Waals surface area contributed by atoms with Gasteiger partial charge in [0.05, 0.1) is 11.0 Å². The second-order valence-corrected chi connectivity index (χ2v) is 6.82. The first-order chi connectivity index (χ1) is 14.5. The molecule has 0 aliphatic rings. The lowest BCUT2D eigenvalue weighted by Gasteiger charge is -2.11. The SMILES string of the molecule is CC(=O)Nc1ccc(NC(=O)Cn2c(-c3ccc(F)cc3)nc3ccccc32)cc1. The Labute approximate surface area is 172 Å². The molecule has 2 N–H and O–H groups in total. The van der Waals surface area contributed by atoms with Crippen molar-refractivity contribution >= 4 is 34.2 Å². The van der Waals surface area contributed by atoms with Gasteiger partial charge >= 0.3 is 0 Å². The van der Waals surface area contributed by atoms with Crippen LogP contribution in [0.4, 0.5) is 15.8 Å². The summed E-state index contributed by atoms with van der Waals surface area (Å²) in [7, 11) is 0. The molecule has 0 aliphatic carbocycles. The number of hydrogen-bond donors (Lipinski definition) is 2. The quantitative estimate of drug-likeness (QED) is 0.518. The summed E-state index contributed by atoms with van der Waals surface area (Å²) in [5.41, 5.74) is 3.55. The number of halogens is 1. The molecule has 1 heterocycles. The molecule has 4 rings (SSSR count). The molecule has 0 aliphatic heterocycles. The number of rotatable bonds is 5. The molecule has 0 radical (unpaired) electrons. The first-order valence-electron chi connectivity index (χ1n) is 9.38. The van der Waals surface area contributed by atoms with E-state index >= 15 is 0 Å². The van der Waals surface area contributed by atoms with E-state index in [0.29, 0.717) is 17.2 Å². The monoisotopic (exact) mass is 402 g/mol. The lowest BCUT2D eigenvalue weighted by molar-refractivity contribution is -0.116. The summed E-state index contributed by atoms with van der Waals surface area (Å²) in [6.45, 7) is 1.48. The largest absolute Gasteiger partial charge is 0.326 e. The van der Waals surface area contributed by atoms with Crippen molar-refractivity contribution in [1.82, 2.24) is 9.55 Å². The molecule has 0 bridgehead atoms. The van der Waals surface area contributed by atoms with E-state index in [4.69, 9.17) is 0 Å². The Morgan fingerprint density at radius 2 is 1.53 bits per heavy atom. The number of hydrogen-bond acceptors (Lipinski definition) is 3. The number of imidazole rings is 1. The number of nitrogens with zero attached hydrogens (tertiary/aromatic N) is 2. The molecule has 150 valence electrons. The molecule has 0 saturated carbocycles. The molecule has 0 atom stereocenters. The van der Waals surface area contributed by atoms with Crippen LogP contribution in [0.2, 0.25) is 0 Å². The van der Waals surface area contributed by atoms with E-state index in [1.165, 1.54) is 19.1 Å². The fourth-order valence-electron chi connectivity index (χ4n) is 3.24. The van der Waals surface area contributed by atoms with Crippen molar-refractivity contribution in [3.05, 3.63) is 78.6 Å². The Hall–Kier alpha value is -4.00. The van der Waals surface area contributed by atoms with Crippen molar-refractivity contribution < 1.29 is 14.0 Å². The van der Waals surface area contributed by atoms with Gasteiger partial charge in [-0.05, 0) is 60.7 Å².